The summed E-state index contributed by atoms with van der Waals surface area (Å²) in [4.78, 5) is 27.0. The molecule has 1 aliphatic heterocycles. The summed E-state index contributed by atoms with van der Waals surface area (Å²) in [7, 11) is 1.57. The molecule has 0 radical (unpaired) electrons. The van der Waals surface area contributed by atoms with Crippen molar-refractivity contribution >= 4 is 17.5 Å². The number of nitrogens with zero attached hydrogens (tertiary/aromatic N) is 1. The average molecular weight is 449 g/mol. The zero-order valence-electron chi connectivity index (χ0n) is 17.7. The molecule has 2 N–H and O–H groups in total. The number of benzene rings is 2. The number of rotatable bonds is 7. The molecule has 1 aliphatic rings. The van der Waals surface area contributed by atoms with Gasteiger partial charge in [-0.3, -0.25) is 9.59 Å². The van der Waals surface area contributed by atoms with Crippen molar-refractivity contribution in [2.45, 2.75) is 25.1 Å². The van der Waals surface area contributed by atoms with Gasteiger partial charge in [-0.1, -0.05) is 12.1 Å². The molecule has 2 amide bonds. The lowest BCUT2D eigenvalue weighted by Gasteiger charge is -2.35. The van der Waals surface area contributed by atoms with E-state index in [1.807, 2.05) is 18.2 Å². The lowest BCUT2D eigenvalue weighted by atomic mass is 10.0. The first-order valence-electron chi connectivity index (χ1n) is 10.4. The number of alkyl halides is 3. The number of methoxy groups -OCH3 is 1. The quantitative estimate of drug-likeness (QED) is 0.635. The molecule has 0 atom stereocenters. The summed E-state index contributed by atoms with van der Waals surface area (Å²) in [5.74, 6) is -0.564. The van der Waals surface area contributed by atoms with E-state index in [-0.39, 0.29) is 17.5 Å². The molecule has 6 nitrogen and oxygen atoms in total. The van der Waals surface area contributed by atoms with Crippen molar-refractivity contribution in [2.75, 3.05) is 38.3 Å². The number of amides is 2. The molecule has 2 aromatic carbocycles. The minimum atomic E-state index is -4.43. The van der Waals surface area contributed by atoms with E-state index in [2.05, 4.69) is 15.5 Å². The molecule has 1 heterocycles. The van der Waals surface area contributed by atoms with E-state index in [0.717, 1.165) is 17.8 Å². The van der Waals surface area contributed by atoms with Crippen LogP contribution in [0.2, 0.25) is 0 Å². The fourth-order valence-electron chi connectivity index (χ4n) is 3.65. The topological polar surface area (TPSA) is 70.7 Å². The number of ether oxygens (including phenoxy) is 1. The van der Waals surface area contributed by atoms with Gasteiger partial charge in [-0.25, -0.2) is 0 Å². The molecule has 0 aromatic heterocycles. The fraction of sp³-hybridized carbons (Fsp3) is 0.391. The van der Waals surface area contributed by atoms with Crippen LogP contribution < -0.4 is 15.5 Å². The predicted octanol–water partition coefficient (Wildman–Crippen LogP) is 3.48. The minimum Gasteiger partial charge on any atom is -0.383 e. The molecule has 9 heteroatoms. The van der Waals surface area contributed by atoms with Gasteiger partial charge < -0.3 is 20.3 Å². The Morgan fingerprint density at radius 3 is 2.31 bits per heavy atom. The van der Waals surface area contributed by atoms with Gasteiger partial charge in [0, 0.05) is 44.0 Å². The van der Waals surface area contributed by atoms with Crippen molar-refractivity contribution in [3.63, 3.8) is 0 Å². The maximum atomic E-state index is 12.7. The summed E-state index contributed by atoms with van der Waals surface area (Å²) in [5.41, 5.74) is 0.816. The van der Waals surface area contributed by atoms with Gasteiger partial charge in [0.05, 0.1) is 17.7 Å². The van der Waals surface area contributed by atoms with Crippen LogP contribution in [-0.2, 0) is 10.9 Å². The number of carbonyl (C=O) groups is 2. The van der Waals surface area contributed by atoms with Crippen LogP contribution in [0.15, 0.2) is 48.5 Å². The van der Waals surface area contributed by atoms with Crippen LogP contribution in [0.3, 0.4) is 0 Å². The summed E-state index contributed by atoms with van der Waals surface area (Å²) in [6.07, 6.45) is -3.11. The summed E-state index contributed by atoms with van der Waals surface area (Å²) in [6, 6.07) is 11.5. The minimum absolute atomic E-state index is 0.0938. The molecule has 0 bridgehead atoms. The molecule has 0 saturated carbocycles. The normalized spacial score (nSPS) is 14.8. The Kier molecular flexibility index (Phi) is 7.74. The van der Waals surface area contributed by atoms with Crippen molar-refractivity contribution in [3.05, 3.63) is 65.2 Å². The van der Waals surface area contributed by atoms with Crippen LogP contribution in [0.5, 0.6) is 0 Å². The van der Waals surface area contributed by atoms with Crippen LogP contribution in [0.25, 0.3) is 0 Å². The molecule has 2 aromatic rings. The number of halogens is 3. The maximum absolute atomic E-state index is 12.7. The third-order valence-corrected chi connectivity index (χ3v) is 5.39. The van der Waals surface area contributed by atoms with Gasteiger partial charge in [0.15, 0.2) is 0 Å². The Bertz CT molecular complexity index is 924. The number of nitrogens with one attached hydrogen (secondary N) is 2. The molecular weight excluding hydrogens is 423 g/mol. The number of piperidine rings is 1. The first kappa shape index (κ1) is 23.6. The van der Waals surface area contributed by atoms with E-state index in [4.69, 9.17) is 4.74 Å². The Morgan fingerprint density at radius 1 is 1.03 bits per heavy atom. The van der Waals surface area contributed by atoms with Gasteiger partial charge in [0.2, 0.25) is 0 Å². The van der Waals surface area contributed by atoms with Gasteiger partial charge >= 0.3 is 6.18 Å². The van der Waals surface area contributed by atoms with Crippen molar-refractivity contribution in [1.29, 1.82) is 0 Å². The highest BCUT2D eigenvalue weighted by Crippen LogP contribution is 2.29. The highest BCUT2D eigenvalue weighted by atomic mass is 19.4. The van der Waals surface area contributed by atoms with E-state index < -0.39 is 17.6 Å². The van der Waals surface area contributed by atoms with E-state index in [0.29, 0.717) is 44.6 Å². The zero-order chi connectivity index (χ0) is 23.1. The van der Waals surface area contributed by atoms with E-state index in [1.54, 1.807) is 13.2 Å². The van der Waals surface area contributed by atoms with Gasteiger partial charge in [0.25, 0.3) is 11.8 Å². The van der Waals surface area contributed by atoms with Crippen molar-refractivity contribution in [1.82, 2.24) is 10.6 Å². The van der Waals surface area contributed by atoms with Crippen molar-refractivity contribution < 1.29 is 27.5 Å². The van der Waals surface area contributed by atoms with Crippen LogP contribution in [-0.4, -0.2) is 51.2 Å². The summed E-state index contributed by atoms with van der Waals surface area (Å²) < 4.78 is 43.0. The molecule has 3 rings (SSSR count). The van der Waals surface area contributed by atoms with Crippen LogP contribution >= 0.6 is 0 Å². The molecule has 32 heavy (non-hydrogen) atoms. The lowest BCUT2D eigenvalue weighted by Crippen LogP contribution is -2.45. The SMILES string of the molecule is COCCNC(=O)c1ccccc1N1CCC(NC(=O)c2ccc(C(F)(F)F)cc2)CC1. The largest absolute Gasteiger partial charge is 0.416 e. The van der Waals surface area contributed by atoms with E-state index in [1.165, 1.54) is 12.1 Å². The average Bonchev–Trinajstić information content (AvgIpc) is 2.79. The second-order valence-corrected chi connectivity index (χ2v) is 7.58. The fourth-order valence-corrected chi connectivity index (χ4v) is 3.65. The van der Waals surface area contributed by atoms with E-state index in [9.17, 15) is 22.8 Å². The number of para-hydroxylation sites is 1. The molecule has 1 fully saturated rings. The number of carbonyl (C=O) groups excluding carboxylic acids is 2. The molecule has 0 unspecified atom stereocenters. The van der Waals surface area contributed by atoms with E-state index >= 15 is 0 Å². The Morgan fingerprint density at radius 2 is 1.69 bits per heavy atom. The van der Waals surface area contributed by atoms with Crippen molar-refractivity contribution in [2.24, 2.45) is 0 Å². The lowest BCUT2D eigenvalue weighted by molar-refractivity contribution is -0.137. The number of hydrogen-bond acceptors (Lipinski definition) is 4. The molecular formula is C23H26F3N3O3. The summed E-state index contributed by atoms with van der Waals surface area (Å²) in [5, 5.41) is 5.72. The molecule has 1 saturated heterocycles. The second-order valence-electron chi connectivity index (χ2n) is 7.58. The monoisotopic (exact) mass is 449 g/mol. The van der Waals surface area contributed by atoms with Gasteiger partial charge in [-0.05, 0) is 49.2 Å². The number of hydrogen-bond donors (Lipinski definition) is 2. The highest BCUT2D eigenvalue weighted by Gasteiger charge is 2.30. The maximum Gasteiger partial charge on any atom is 0.416 e. The standard InChI is InChI=1S/C23H26F3N3O3/c1-32-15-12-27-22(31)19-4-2-3-5-20(19)29-13-10-18(11-14-29)28-21(30)16-6-8-17(9-7-16)23(24,25)26/h2-9,18H,10-15H2,1H3,(H,27,31)(H,28,30). The smallest absolute Gasteiger partial charge is 0.383 e. The number of anilines is 1. The molecule has 172 valence electrons. The van der Waals surface area contributed by atoms with Crippen molar-refractivity contribution in [3.8, 4) is 0 Å². The van der Waals surface area contributed by atoms with Gasteiger partial charge in [-0.2, -0.15) is 13.2 Å². The third kappa shape index (κ3) is 6.00. The molecule has 0 spiro atoms. The predicted molar refractivity (Wildman–Crippen MR) is 115 cm³/mol. The first-order valence-corrected chi connectivity index (χ1v) is 10.4. The summed E-state index contributed by atoms with van der Waals surface area (Å²) >= 11 is 0. The summed E-state index contributed by atoms with van der Waals surface area (Å²) in [6.45, 7) is 2.13. The van der Waals surface area contributed by atoms with Gasteiger partial charge in [0.1, 0.15) is 0 Å². The first-order chi connectivity index (χ1) is 15.3. The molecule has 0 aliphatic carbocycles. The Labute approximate surface area is 184 Å². The van der Waals surface area contributed by atoms with Crippen LogP contribution in [0.1, 0.15) is 39.1 Å². The zero-order valence-corrected chi connectivity index (χ0v) is 17.7. The van der Waals surface area contributed by atoms with Crippen LogP contribution in [0, 0.1) is 0 Å². The second kappa shape index (κ2) is 10.5. The Balaban J connectivity index is 1.56. The third-order valence-electron chi connectivity index (χ3n) is 5.39. The highest BCUT2D eigenvalue weighted by molar-refractivity contribution is 5.99. The van der Waals surface area contributed by atoms with Crippen LogP contribution in [0.4, 0.5) is 18.9 Å². The Hall–Kier alpha value is -3.07. The van der Waals surface area contributed by atoms with Gasteiger partial charge in [-0.15, -0.1) is 0 Å².